The van der Waals surface area contributed by atoms with Gasteiger partial charge in [-0.15, -0.1) is 0 Å². The van der Waals surface area contributed by atoms with Crippen LogP contribution in [-0.2, 0) is 35.1 Å². The number of rotatable bonds is 2. The van der Waals surface area contributed by atoms with E-state index >= 15 is 0 Å². The molecule has 0 aromatic heterocycles. The minimum absolute atomic E-state index is 0.577. The van der Waals surface area contributed by atoms with Crippen molar-refractivity contribution in [2.45, 2.75) is 0 Å². The van der Waals surface area contributed by atoms with Crippen LogP contribution < -0.4 is 0 Å². The number of hydrogen-bond acceptors (Lipinski definition) is 7. The van der Waals surface area contributed by atoms with Gasteiger partial charge in [-0.3, -0.25) is 0 Å². The van der Waals surface area contributed by atoms with Gasteiger partial charge in [-0.1, -0.05) is 4.40 Å². The lowest BCUT2D eigenvalue weighted by Crippen LogP contribution is -2.34. The lowest BCUT2D eigenvalue weighted by atomic mass is 11.0. The zero-order chi connectivity index (χ0) is 11.9. The Morgan fingerprint density at radius 3 is 1.80 bits per heavy atom. The van der Waals surface area contributed by atoms with E-state index in [-0.39, 0.29) is 0 Å². The number of sulfonamides is 2. The number of hydrogen-bond donors (Lipinski definition) is 0. The van der Waals surface area contributed by atoms with E-state index < -0.39 is 44.9 Å². The Hall–Kier alpha value is -0.810. The Bertz CT molecular complexity index is 585. The van der Waals surface area contributed by atoms with Crippen LogP contribution in [0.15, 0.2) is 4.40 Å². The average Bonchev–Trinajstić information content (AvgIpc) is 2.20. The maximum absolute atomic E-state index is 11.1. The standard InChI is InChI=1S/C3H4N2O7S3/c6-3-4-15(11,12)5-13(7,8)1-2-14(5,9)10/h1-2H2. The predicted octanol–water partition coefficient (Wildman–Crippen LogP) is -2.46. The highest BCUT2D eigenvalue weighted by Crippen LogP contribution is 2.23. The van der Waals surface area contributed by atoms with Gasteiger partial charge in [0.05, 0.1) is 11.5 Å². The summed E-state index contributed by atoms with van der Waals surface area (Å²) in [4.78, 5) is 9.71. The van der Waals surface area contributed by atoms with Gasteiger partial charge >= 0.3 is 10.2 Å². The summed E-state index contributed by atoms with van der Waals surface area (Å²) in [5, 5.41) is 0. The van der Waals surface area contributed by atoms with E-state index in [1.165, 1.54) is 0 Å². The summed E-state index contributed by atoms with van der Waals surface area (Å²) in [6, 6.07) is 0. The summed E-state index contributed by atoms with van der Waals surface area (Å²) in [5.41, 5.74) is 0. The highest BCUT2D eigenvalue weighted by Gasteiger charge is 2.50. The maximum atomic E-state index is 11.1. The van der Waals surface area contributed by atoms with Crippen molar-refractivity contribution in [3.8, 4) is 0 Å². The number of isocyanates is 1. The van der Waals surface area contributed by atoms with Crippen molar-refractivity contribution in [1.29, 1.82) is 0 Å². The Morgan fingerprint density at radius 1 is 1.07 bits per heavy atom. The van der Waals surface area contributed by atoms with Crippen molar-refractivity contribution in [2.24, 2.45) is 4.40 Å². The monoisotopic (exact) mass is 276 g/mol. The molecule has 0 bridgehead atoms. The molecule has 0 N–H and O–H groups in total. The molecule has 0 saturated carbocycles. The highest BCUT2D eigenvalue weighted by atomic mass is 32.3. The topological polar surface area (TPSA) is 135 Å². The minimum Gasteiger partial charge on any atom is -0.210 e. The molecule has 0 spiro atoms. The van der Waals surface area contributed by atoms with E-state index in [2.05, 4.69) is 4.40 Å². The third-order valence-corrected chi connectivity index (χ3v) is 8.54. The molecule has 12 heteroatoms. The van der Waals surface area contributed by atoms with E-state index in [0.717, 1.165) is 0 Å². The molecule has 1 rings (SSSR count). The molecule has 0 aromatic rings. The molecular formula is C3H4N2O7S3. The van der Waals surface area contributed by atoms with Crippen LogP contribution in [0.5, 0.6) is 0 Å². The van der Waals surface area contributed by atoms with Gasteiger partial charge in [-0.25, -0.2) is 21.6 Å². The second-order valence-corrected chi connectivity index (χ2v) is 8.44. The molecule has 0 unspecified atom stereocenters. The lowest BCUT2D eigenvalue weighted by Gasteiger charge is -2.07. The largest absolute Gasteiger partial charge is 0.359 e. The van der Waals surface area contributed by atoms with Crippen LogP contribution >= 0.6 is 0 Å². The average molecular weight is 276 g/mol. The molecule has 1 saturated heterocycles. The van der Waals surface area contributed by atoms with Crippen LogP contribution in [0.2, 0.25) is 0 Å². The van der Waals surface area contributed by atoms with Crippen molar-refractivity contribution in [3.63, 3.8) is 0 Å². The van der Waals surface area contributed by atoms with Gasteiger partial charge in [0, 0.05) is 3.12 Å². The van der Waals surface area contributed by atoms with Crippen molar-refractivity contribution in [1.82, 2.24) is 3.12 Å². The molecule has 0 aromatic carbocycles. The molecule has 0 aliphatic carbocycles. The summed E-state index contributed by atoms with van der Waals surface area (Å²) in [5.74, 6) is -1.72. The smallest absolute Gasteiger partial charge is 0.210 e. The third-order valence-electron chi connectivity index (χ3n) is 1.39. The first kappa shape index (κ1) is 12.3. The third kappa shape index (κ3) is 2.08. The number of carbonyl (C=O) groups excluding carboxylic acids is 1. The summed E-state index contributed by atoms with van der Waals surface area (Å²) in [6.45, 7) is 0. The SMILES string of the molecule is O=C=NS(=O)(=O)N1S(=O)(=O)CCS1(=O)=O. The fourth-order valence-electron chi connectivity index (χ4n) is 0.900. The molecule has 86 valence electrons. The number of nitrogens with zero attached hydrogens (tertiary/aromatic N) is 2. The van der Waals surface area contributed by atoms with Crippen LogP contribution in [-0.4, -0.2) is 46.0 Å². The van der Waals surface area contributed by atoms with Gasteiger partial charge < -0.3 is 0 Å². The fourth-order valence-corrected chi connectivity index (χ4v) is 7.82. The van der Waals surface area contributed by atoms with E-state index in [1.807, 2.05) is 0 Å². The Kier molecular flexibility index (Phi) is 2.74. The van der Waals surface area contributed by atoms with E-state index in [4.69, 9.17) is 0 Å². The van der Waals surface area contributed by atoms with Gasteiger partial charge in [0.25, 0.3) is 6.08 Å². The molecule has 9 nitrogen and oxygen atoms in total. The normalized spacial score (nSPS) is 24.5. The molecule has 15 heavy (non-hydrogen) atoms. The van der Waals surface area contributed by atoms with Gasteiger partial charge in [-0.2, -0.15) is 8.42 Å². The van der Waals surface area contributed by atoms with Gasteiger partial charge in [0.2, 0.25) is 20.0 Å². The van der Waals surface area contributed by atoms with Crippen molar-refractivity contribution >= 4 is 36.3 Å². The molecule has 1 fully saturated rings. The predicted molar refractivity (Wildman–Crippen MR) is 46.5 cm³/mol. The van der Waals surface area contributed by atoms with Crippen LogP contribution in [0.4, 0.5) is 0 Å². The highest BCUT2D eigenvalue weighted by molar-refractivity contribution is 8.19. The molecule has 1 aliphatic rings. The lowest BCUT2D eigenvalue weighted by molar-refractivity contribution is 0.539. The van der Waals surface area contributed by atoms with Gasteiger partial charge in [0.1, 0.15) is 0 Å². The molecule has 1 aliphatic heterocycles. The van der Waals surface area contributed by atoms with Crippen molar-refractivity contribution in [2.75, 3.05) is 11.5 Å². The minimum atomic E-state index is -5.07. The summed E-state index contributed by atoms with van der Waals surface area (Å²) < 4.78 is 67.7. The van der Waals surface area contributed by atoms with Crippen molar-refractivity contribution in [3.05, 3.63) is 0 Å². The van der Waals surface area contributed by atoms with Gasteiger partial charge in [-0.05, 0) is 0 Å². The van der Waals surface area contributed by atoms with Crippen LogP contribution in [0.25, 0.3) is 0 Å². The molecular weight excluding hydrogens is 272 g/mol. The van der Waals surface area contributed by atoms with Crippen LogP contribution in [0.1, 0.15) is 0 Å². The zero-order valence-corrected chi connectivity index (χ0v) is 9.34. The Morgan fingerprint density at radius 2 is 1.47 bits per heavy atom. The molecule has 0 radical (unpaired) electrons. The zero-order valence-electron chi connectivity index (χ0n) is 6.89. The molecule has 0 amide bonds. The van der Waals surface area contributed by atoms with E-state index in [9.17, 15) is 30.0 Å². The first-order valence-electron chi connectivity index (χ1n) is 3.24. The quantitative estimate of drug-likeness (QED) is 0.403. The molecule has 0 atom stereocenters. The Labute approximate surface area is 85.7 Å². The van der Waals surface area contributed by atoms with E-state index in [0.29, 0.717) is 6.08 Å². The van der Waals surface area contributed by atoms with Crippen LogP contribution in [0, 0.1) is 0 Å². The maximum Gasteiger partial charge on any atom is 0.359 e. The summed E-state index contributed by atoms with van der Waals surface area (Å²) >= 11 is 0. The first-order valence-corrected chi connectivity index (χ1v) is 7.85. The van der Waals surface area contributed by atoms with Gasteiger partial charge in [0.15, 0.2) is 0 Å². The first-order chi connectivity index (χ1) is 6.63. The molecule has 1 heterocycles. The summed E-state index contributed by atoms with van der Waals surface area (Å²) in [7, 11) is -14.0. The second-order valence-electron chi connectivity index (χ2n) is 2.43. The summed E-state index contributed by atoms with van der Waals surface area (Å²) in [6.07, 6.45) is 0.577. The van der Waals surface area contributed by atoms with Crippen molar-refractivity contribution < 1.29 is 30.0 Å². The van der Waals surface area contributed by atoms with Crippen LogP contribution in [0.3, 0.4) is 0 Å². The second kappa shape index (κ2) is 3.35. The fraction of sp³-hybridized carbons (Fsp3) is 0.667. The Balaban J connectivity index is 3.56. The van der Waals surface area contributed by atoms with E-state index in [1.54, 1.807) is 0 Å².